The number of methoxy groups -OCH3 is 1. The number of nitrogen functional groups attached to an aromatic ring is 1. The first-order valence-corrected chi connectivity index (χ1v) is 13.2. The first-order chi connectivity index (χ1) is 19.2. The number of hydrogen-bond donors (Lipinski definition) is 1. The molecule has 0 bridgehead atoms. The van der Waals surface area contributed by atoms with Gasteiger partial charge in [0.25, 0.3) is 11.1 Å². The van der Waals surface area contributed by atoms with Crippen molar-refractivity contribution in [1.29, 1.82) is 0 Å². The topological polar surface area (TPSA) is 148 Å². The number of Topliss-reactive ketones (excluding diaryl/α,β-unsaturated/α-hetero) is 1. The van der Waals surface area contributed by atoms with Crippen LogP contribution in [0.5, 0.6) is 0 Å². The number of ketones is 1. The number of anilines is 1. The number of hydrogen-bond acceptors (Lipinski definition) is 9. The molecule has 0 saturated carbocycles. The Labute approximate surface area is 236 Å². The number of esters is 1. The van der Waals surface area contributed by atoms with Gasteiger partial charge in [0.2, 0.25) is 0 Å². The largest absolute Gasteiger partial charge is 0.468 e. The normalized spacial score (nSPS) is 10.9. The molecular formula is C27H24ClN5O6S. The second kappa shape index (κ2) is 12.2. The van der Waals surface area contributed by atoms with Gasteiger partial charge in [-0.15, -0.1) is 6.58 Å². The van der Waals surface area contributed by atoms with Crippen molar-refractivity contribution in [3.8, 4) is 0 Å². The molecule has 0 aliphatic heterocycles. The first kappa shape index (κ1) is 28.6. The molecule has 2 aromatic carbocycles. The van der Waals surface area contributed by atoms with E-state index in [2.05, 4.69) is 16.3 Å². The quantitative estimate of drug-likeness (QED) is 0.0979. The van der Waals surface area contributed by atoms with Gasteiger partial charge in [-0.3, -0.25) is 28.3 Å². The average molecular weight is 582 g/mol. The summed E-state index contributed by atoms with van der Waals surface area (Å²) in [6.45, 7) is 3.03. The van der Waals surface area contributed by atoms with Crippen molar-refractivity contribution in [3.63, 3.8) is 0 Å². The highest BCUT2D eigenvalue weighted by Crippen LogP contribution is 2.22. The molecule has 2 aromatic heterocycles. The van der Waals surface area contributed by atoms with E-state index < -0.39 is 35.1 Å². The van der Waals surface area contributed by atoms with Gasteiger partial charge in [-0.05, 0) is 23.8 Å². The Bertz CT molecular complexity index is 1810. The lowest BCUT2D eigenvalue weighted by molar-refractivity contribution is -0.141. The molecule has 0 saturated heterocycles. The molecule has 2 heterocycles. The van der Waals surface area contributed by atoms with Crippen molar-refractivity contribution in [2.75, 3.05) is 18.6 Å². The maximum atomic E-state index is 13.4. The maximum absolute atomic E-state index is 13.4. The molecular weight excluding hydrogens is 558 g/mol. The summed E-state index contributed by atoms with van der Waals surface area (Å²) in [5, 5.41) is 0.878. The second-order valence-corrected chi connectivity index (χ2v) is 9.93. The van der Waals surface area contributed by atoms with Crippen molar-refractivity contribution >= 4 is 51.8 Å². The zero-order chi connectivity index (χ0) is 29.0. The Hall–Kier alpha value is -4.42. The first-order valence-electron chi connectivity index (χ1n) is 11.9. The summed E-state index contributed by atoms with van der Waals surface area (Å²) in [4.78, 5) is 69.5. The van der Waals surface area contributed by atoms with Gasteiger partial charge >= 0.3 is 11.7 Å². The Morgan fingerprint density at radius 1 is 1.07 bits per heavy atom. The molecule has 0 spiro atoms. The third-order valence-corrected chi connectivity index (χ3v) is 7.18. The molecule has 206 valence electrons. The van der Waals surface area contributed by atoms with Gasteiger partial charge in [-0.1, -0.05) is 59.8 Å². The lowest BCUT2D eigenvalue weighted by Crippen LogP contribution is -2.45. The van der Waals surface area contributed by atoms with Gasteiger partial charge < -0.3 is 10.5 Å². The number of rotatable bonds is 10. The van der Waals surface area contributed by atoms with Gasteiger partial charge in [0.15, 0.2) is 10.9 Å². The van der Waals surface area contributed by atoms with Crippen LogP contribution in [0.3, 0.4) is 0 Å². The predicted molar refractivity (Wildman–Crippen MR) is 153 cm³/mol. The molecule has 0 aliphatic rings. The third kappa shape index (κ3) is 5.77. The summed E-state index contributed by atoms with van der Waals surface area (Å²) in [6, 6.07) is 13.5. The van der Waals surface area contributed by atoms with E-state index >= 15 is 0 Å². The maximum Gasteiger partial charge on any atom is 0.333 e. The van der Waals surface area contributed by atoms with E-state index in [4.69, 9.17) is 17.3 Å². The van der Waals surface area contributed by atoms with Crippen LogP contribution in [0.2, 0.25) is 5.02 Å². The van der Waals surface area contributed by atoms with Gasteiger partial charge in [0, 0.05) is 11.6 Å². The average Bonchev–Trinajstić information content (AvgIpc) is 2.94. The van der Waals surface area contributed by atoms with Crippen LogP contribution in [-0.2, 0) is 29.2 Å². The number of aromatic nitrogens is 4. The zero-order valence-electron chi connectivity index (χ0n) is 21.3. The van der Waals surface area contributed by atoms with Crippen LogP contribution in [0.4, 0.5) is 5.82 Å². The molecule has 0 radical (unpaired) electrons. The summed E-state index contributed by atoms with van der Waals surface area (Å²) < 4.78 is 7.63. The highest BCUT2D eigenvalue weighted by atomic mass is 35.5. The monoisotopic (exact) mass is 581 g/mol. The minimum atomic E-state index is -1.02. The van der Waals surface area contributed by atoms with Gasteiger partial charge in [0.05, 0.1) is 30.3 Å². The van der Waals surface area contributed by atoms with E-state index in [1.54, 1.807) is 42.5 Å². The van der Waals surface area contributed by atoms with Gasteiger partial charge in [-0.25, -0.2) is 14.3 Å². The standard InChI is InChI=1S/C27H24ClN5O6S/c1-3-11-31-24(36)18-12-17(28)9-10-19(18)30-26(31)40-15-20(34)22-23(29)32(13-16-7-5-4-6-8-16)27(38)33(25(22)37)14-21(35)39-2/h3-10,12H,1,11,13-15,29H2,2H3. The van der Waals surface area contributed by atoms with E-state index in [9.17, 15) is 24.0 Å². The van der Waals surface area contributed by atoms with Crippen molar-refractivity contribution in [1.82, 2.24) is 18.7 Å². The summed E-state index contributed by atoms with van der Waals surface area (Å²) >= 11 is 6.96. The van der Waals surface area contributed by atoms with Crippen LogP contribution >= 0.6 is 23.4 Å². The number of allylic oxidation sites excluding steroid dienone is 1. The number of carbonyl (C=O) groups is 2. The van der Waals surface area contributed by atoms with E-state index in [0.29, 0.717) is 26.1 Å². The number of carbonyl (C=O) groups excluding carboxylic acids is 2. The van der Waals surface area contributed by atoms with E-state index in [1.165, 1.54) is 16.7 Å². The SMILES string of the molecule is C=CCn1c(SCC(=O)c2c(N)n(Cc3ccccc3)c(=O)n(CC(=O)OC)c2=O)nc2ccc(Cl)cc2c1=O. The van der Waals surface area contributed by atoms with Gasteiger partial charge in [-0.2, -0.15) is 0 Å². The van der Waals surface area contributed by atoms with Crippen LogP contribution in [-0.4, -0.2) is 43.3 Å². The van der Waals surface area contributed by atoms with Crippen LogP contribution < -0.4 is 22.5 Å². The van der Waals surface area contributed by atoms with Crippen LogP contribution in [0, 0.1) is 0 Å². The Morgan fingerprint density at radius 3 is 2.48 bits per heavy atom. The minimum absolute atomic E-state index is 0.0476. The molecule has 4 rings (SSSR count). The fourth-order valence-corrected chi connectivity index (χ4v) is 5.06. The molecule has 0 atom stereocenters. The molecule has 11 nitrogen and oxygen atoms in total. The van der Waals surface area contributed by atoms with Crippen molar-refractivity contribution in [3.05, 3.63) is 109 Å². The second-order valence-electron chi connectivity index (χ2n) is 8.55. The van der Waals surface area contributed by atoms with E-state index in [-0.39, 0.29) is 35.4 Å². The highest BCUT2D eigenvalue weighted by molar-refractivity contribution is 7.99. The van der Waals surface area contributed by atoms with E-state index in [1.807, 2.05) is 0 Å². The lowest BCUT2D eigenvalue weighted by Gasteiger charge is -2.16. The number of nitrogens with zero attached hydrogens (tertiary/aromatic N) is 4. The lowest BCUT2D eigenvalue weighted by atomic mass is 10.2. The van der Waals surface area contributed by atoms with Crippen molar-refractivity contribution in [2.24, 2.45) is 0 Å². The number of thioether (sulfide) groups is 1. The number of ether oxygens (including phenoxy) is 1. The molecule has 0 fully saturated rings. The summed E-state index contributed by atoms with van der Waals surface area (Å²) in [6.07, 6.45) is 1.51. The molecule has 40 heavy (non-hydrogen) atoms. The molecule has 2 N–H and O–H groups in total. The van der Waals surface area contributed by atoms with Crippen molar-refractivity contribution < 1.29 is 14.3 Å². The summed E-state index contributed by atoms with van der Waals surface area (Å²) in [7, 11) is 1.11. The fourth-order valence-electron chi connectivity index (χ4n) is 4.00. The number of benzene rings is 2. The highest BCUT2D eigenvalue weighted by Gasteiger charge is 2.25. The predicted octanol–water partition coefficient (Wildman–Crippen LogP) is 2.34. The molecule has 0 aliphatic carbocycles. The smallest absolute Gasteiger partial charge is 0.333 e. The fraction of sp³-hybridized carbons (Fsp3) is 0.185. The minimum Gasteiger partial charge on any atom is -0.468 e. The Kier molecular flexibility index (Phi) is 8.70. The zero-order valence-corrected chi connectivity index (χ0v) is 22.9. The number of nitrogens with two attached hydrogens (primary N) is 1. The Balaban J connectivity index is 1.77. The van der Waals surface area contributed by atoms with Crippen LogP contribution in [0.25, 0.3) is 10.9 Å². The van der Waals surface area contributed by atoms with Crippen molar-refractivity contribution in [2.45, 2.75) is 24.8 Å². The molecule has 0 unspecified atom stereocenters. The molecule has 0 amide bonds. The third-order valence-electron chi connectivity index (χ3n) is 5.97. The van der Waals surface area contributed by atoms with Gasteiger partial charge in [0.1, 0.15) is 17.9 Å². The number of halogens is 1. The van der Waals surface area contributed by atoms with E-state index in [0.717, 1.165) is 23.4 Å². The molecule has 4 aromatic rings. The number of fused-ring (bicyclic) bond motifs is 1. The molecule has 13 heteroatoms. The van der Waals surface area contributed by atoms with Crippen LogP contribution in [0.1, 0.15) is 15.9 Å². The summed E-state index contributed by atoms with van der Waals surface area (Å²) in [5.41, 5.74) is 4.57. The summed E-state index contributed by atoms with van der Waals surface area (Å²) in [5.74, 6) is -2.25. The van der Waals surface area contributed by atoms with Crippen LogP contribution in [0.15, 0.2) is 80.7 Å². The Morgan fingerprint density at radius 2 is 1.80 bits per heavy atom.